The minimum Gasteiger partial charge on any atom is -0.465 e. The molecule has 0 radical (unpaired) electrons. The van der Waals surface area contributed by atoms with Crippen molar-refractivity contribution in [3.8, 4) is 0 Å². The smallest absolute Gasteiger partial charge is 0.339 e. The van der Waals surface area contributed by atoms with Gasteiger partial charge < -0.3 is 19.0 Å². The molecule has 0 amide bonds. The van der Waals surface area contributed by atoms with Crippen molar-refractivity contribution in [1.29, 1.82) is 0 Å². The number of H-pyrrole nitrogens is 1. The number of carbonyl (C=O) groups excluding carboxylic acids is 2. The first-order valence-corrected chi connectivity index (χ1v) is 17.9. The molecule has 1 N–H and O–H groups in total. The Bertz CT molecular complexity index is 2210. The van der Waals surface area contributed by atoms with Gasteiger partial charge in [-0.3, -0.25) is 9.97 Å². The van der Waals surface area contributed by atoms with E-state index in [-0.39, 0.29) is 11.9 Å². The van der Waals surface area contributed by atoms with Crippen molar-refractivity contribution in [2.75, 3.05) is 14.2 Å². The van der Waals surface area contributed by atoms with E-state index in [1.54, 1.807) is 0 Å². The van der Waals surface area contributed by atoms with Crippen LogP contribution in [0.25, 0.3) is 21.8 Å². The van der Waals surface area contributed by atoms with Crippen molar-refractivity contribution in [3.05, 3.63) is 127 Å². The van der Waals surface area contributed by atoms with Gasteiger partial charge in [0.1, 0.15) is 0 Å². The number of aryl methyl sites for hydroxylation is 1. The predicted molar refractivity (Wildman–Crippen MR) is 197 cm³/mol. The fourth-order valence-corrected chi connectivity index (χ4v) is 7.35. The maximum atomic E-state index is 12.2. The molecule has 0 bridgehead atoms. The number of pyridine rings is 2. The van der Waals surface area contributed by atoms with E-state index in [4.69, 9.17) is 9.47 Å². The summed E-state index contributed by atoms with van der Waals surface area (Å²) in [5, 5.41) is 2.29. The molecule has 0 saturated heterocycles. The Kier molecular flexibility index (Phi) is 9.44. The Morgan fingerprint density at radius 1 is 0.776 bits per heavy atom. The second kappa shape index (κ2) is 13.9. The standard InChI is InChI=1S/C20H19BrN2O2.C19H17BrN2O2/c1-23-11-17(21)15-7-12(3-6-19(15)23)8-18-16(20(24)25-2)9-14(10-22-18)13-4-5-13;1-24-19(23)15-8-13(12-3-4-12)9-21-18(15)7-11-2-5-17-14(6-11)16(20)10-22-17/h3,6-7,9-11,13H,4-5,8H2,1-2H3;2,5-6,8-10,12,22H,3-4,7H2,1H3. The third kappa shape index (κ3) is 7.21. The lowest BCUT2D eigenvalue weighted by molar-refractivity contribution is 0.0590. The highest BCUT2D eigenvalue weighted by Gasteiger charge is 2.27. The highest BCUT2D eigenvalue weighted by Crippen LogP contribution is 2.41. The average molecular weight is 785 g/mol. The molecule has 4 heterocycles. The van der Waals surface area contributed by atoms with E-state index in [2.05, 4.69) is 87.9 Å². The molecule has 2 aliphatic rings. The summed E-state index contributed by atoms with van der Waals surface area (Å²) >= 11 is 7.15. The van der Waals surface area contributed by atoms with Crippen molar-refractivity contribution in [2.24, 2.45) is 7.05 Å². The monoisotopic (exact) mass is 782 g/mol. The predicted octanol–water partition coefficient (Wildman–Crippen LogP) is 9.17. The van der Waals surface area contributed by atoms with Crippen molar-refractivity contribution in [3.63, 3.8) is 0 Å². The first-order valence-electron chi connectivity index (χ1n) is 16.4. The summed E-state index contributed by atoms with van der Waals surface area (Å²) in [4.78, 5) is 36.8. The van der Waals surface area contributed by atoms with Crippen molar-refractivity contribution in [2.45, 2.75) is 50.4 Å². The van der Waals surface area contributed by atoms with Gasteiger partial charge in [0, 0.05) is 75.4 Å². The molecule has 10 heteroatoms. The number of hydrogen-bond donors (Lipinski definition) is 1. The molecule has 4 aromatic heterocycles. The molecule has 8 rings (SSSR count). The van der Waals surface area contributed by atoms with Gasteiger partial charge in [-0.05, 0) is 128 Å². The molecule has 2 saturated carbocycles. The van der Waals surface area contributed by atoms with Crippen molar-refractivity contribution >= 4 is 65.6 Å². The van der Waals surface area contributed by atoms with Crippen LogP contribution in [0.4, 0.5) is 0 Å². The van der Waals surface area contributed by atoms with Gasteiger partial charge in [0.2, 0.25) is 0 Å². The quantitative estimate of drug-likeness (QED) is 0.155. The number of hydrogen-bond acceptors (Lipinski definition) is 6. The molecule has 2 fully saturated rings. The number of carbonyl (C=O) groups is 2. The van der Waals surface area contributed by atoms with Crippen LogP contribution in [0.2, 0.25) is 0 Å². The third-order valence-electron chi connectivity index (χ3n) is 9.33. The van der Waals surface area contributed by atoms with E-state index >= 15 is 0 Å². The number of fused-ring (bicyclic) bond motifs is 2. The number of nitrogens with zero attached hydrogens (tertiary/aromatic N) is 3. The Labute approximate surface area is 301 Å². The number of nitrogens with one attached hydrogen (secondary N) is 1. The molecule has 0 aliphatic heterocycles. The van der Waals surface area contributed by atoms with Crippen LogP contribution in [-0.4, -0.2) is 45.7 Å². The van der Waals surface area contributed by atoms with Crippen LogP contribution in [0.3, 0.4) is 0 Å². The zero-order valence-corrected chi connectivity index (χ0v) is 30.7. The zero-order valence-electron chi connectivity index (χ0n) is 27.6. The second-order valence-corrected chi connectivity index (χ2v) is 14.6. The summed E-state index contributed by atoms with van der Waals surface area (Å²) in [5.41, 5.74) is 9.45. The molecule has 0 unspecified atom stereocenters. The maximum absolute atomic E-state index is 12.2. The van der Waals surface area contributed by atoms with Gasteiger partial charge in [-0.15, -0.1) is 0 Å². The lowest BCUT2D eigenvalue weighted by Crippen LogP contribution is -2.09. The van der Waals surface area contributed by atoms with Crippen LogP contribution in [0.5, 0.6) is 0 Å². The summed E-state index contributed by atoms with van der Waals surface area (Å²) in [5.74, 6) is 0.486. The van der Waals surface area contributed by atoms with E-state index in [1.807, 2.05) is 43.8 Å². The van der Waals surface area contributed by atoms with Gasteiger partial charge in [-0.25, -0.2) is 9.59 Å². The Balaban J connectivity index is 0.000000154. The first kappa shape index (κ1) is 33.2. The van der Waals surface area contributed by atoms with E-state index in [9.17, 15) is 9.59 Å². The van der Waals surface area contributed by atoms with Gasteiger partial charge in [0.15, 0.2) is 0 Å². The lowest BCUT2D eigenvalue weighted by atomic mass is 10.0. The maximum Gasteiger partial charge on any atom is 0.339 e. The molecular weight excluding hydrogens is 748 g/mol. The summed E-state index contributed by atoms with van der Waals surface area (Å²) in [6.45, 7) is 0. The summed E-state index contributed by atoms with van der Waals surface area (Å²) in [7, 11) is 4.86. The third-order valence-corrected chi connectivity index (χ3v) is 10.6. The van der Waals surface area contributed by atoms with Crippen LogP contribution in [0.1, 0.15) is 91.9 Å². The number of aromatic nitrogens is 4. The van der Waals surface area contributed by atoms with Crippen molar-refractivity contribution < 1.29 is 19.1 Å². The molecule has 8 nitrogen and oxygen atoms in total. The molecule has 6 aromatic rings. The SMILES string of the molecule is COC(=O)c1cc(C2CC2)cnc1Cc1ccc2[nH]cc(Br)c2c1.COC(=O)c1cc(C2CC2)cnc1Cc1ccc2c(c1)c(Br)cn2C. The molecule has 49 heavy (non-hydrogen) atoms. The molecular formula is C39H36Br2N4O4. The van der Waals surface area contributed by atoms with Crippen LogP contribution in [0, 0.1) is 0 Å². The normalized spacial score (nSPS) is 14.1. The minimum atomic E-state index is -0.316. The number of methoxy groups -OCH3 is 2. The van der Waals surface area contributed by atoms with Crippen LogP contribution in [0.15, 0.2) is 82.3 Å². The number of aromatic amines is 1. The first-order chi connectivity index (χ1) is 23.7. The Hall–Kier alpha value is -4.28. The Morgan fingerprint density at radius 3 is 1.84 bits per heavy atom. The topological polar surface area (TPSA) is 99.1 Å². The van der Waals surface area contributed by atoms with Gasteiger partial charge in [-0.1, -0.05) is 12.1 Å². The van der Waals surface area contributed by atoms with Crippen LogP contribution >= 0.6 is 31.9 Å². The number of esters is 2. The van der Waals surface area contributed by atoms with E-state index in [1.165, 1.54) is 45.4 Å². The highest BCUT2D eigenvalue weighted by atomic mass is 79.9. The van der Waals surface area contributed by atoms with Gasteiger partial charge in [-0.2, -0.15) is 0 Å². The molecule has 250 valence electrons. The zero-order chi connectivity index (χ0) is 34.2. The molecule has 0 spiro atoms. The summed E-state index contributed by atoms with van der Waals surface area (Å²) in [6.07, 6.45) is 13.7. The number of ether oxygens (including phenoxy) is 2. The number of benzene rings is 2. The fourth-order valence-electron chi connectivity index (χ4n) is 6.28. The van der Waals surface area contributed by atoms with Gasteiger partial charge >= 0.3 is 11.9 Å². The van der Waals surface area contributed by atoms with E-state index < -0.39 is 0 Å². The molecule has 2 aliphatic carbocycles. The number of halogens is 2. The second-order valence-electron chi connectivity index (χ2n) is 12.9. The van der Waals surface area contributed by atoms with E-state index in [0.29, 0.717) is 35.8 Å². The minimum absolute atomic E-state index is 0.313. The van der Waals surface area contributed by atoms with Gasteiger partial charge in [0.25, 0.3) is 0 Å². The number of rotatable bonds is 8. The largest absolute Gasteiger partial charge is 0.465 e. The average Bonchev–Trinajstić information content (AvgIpc) is 4.06. The van der Waals surface area contributed by atoms with Crippen LogP contribution < -0.4 is 0 Å². The van der Waals surface area contributed by atoms with Crippen molar-refractivity contribution in [1.82, 2.24) is 19.5 Å². The molecule has 0 atom stereocenters. The van der Waals surface area contributed by atoms with Crippen LogP contribution in [-0.2, 0) is 29.4 Å². The highest BCUT2D eigenvalue weighted by molar-refractivity contribution is 9.11. The van der Waals surface area contributed by atoms with E-state index in [0.717, 1.165) is 58.9 Å². The summed E-state index contributed by atoms with van der Waals surface area (Å²) in [6, 6.07) is 16.5. The van der Waals surface area contributed by atoms with Gasteiger partial charge in [0.05, 0.1) is 36.7 Å². The lowest BCUT2D eigenvalue weighted by Gasteiger charge is -2.10. The summed E-state index contributed by atoms with van der Waals surface area (Å²) < 4.78 is 14.1. The Morgan fingerprint density at radius 2 is 1.31 bits per heavy atom. The fraction of sp³-hybridized carbons (Fsp3) is 0.282. The molecule has 2 aromatic carbocycles.